The van der Waals surface area contributed by atoms with E-state index in [1.807, 2.05) is 18.2 Å². The van der Waals surface area contributed by atoms with Gasteiger partial charge in [0.1, 0.15) is 0 Å². The molecule has 0 saturated heterocycles. The summed E-state index contributed by atoms with van der Waals surface area (Å²) in [5.74, 6) is 2.30. The van der Waals surface area contributed by atoms with Crippen molar-refractivity contribution in [3.63, 3.8) is 0 Å². The summed E-state index contributed by atoms with van der Waals surface area (Å²) < 4.78 is 0. The maximum absolute atomic E-state index is 12.4. The number of carbonyl (C=O) groups is 1. The molecule has 2 N–H and O–H groups in total. The normalized spacial score (nSPS) is 31.5. The second-order valence-corrected chi connectivity index (χ2v) is 9.05. The first-order valence-electron chi connectivity index (χ1n) is 9.74. The number of hydrazone groups is 1. The molecule has 27 heavy (non-hydrogen) atoms. The van der Waals surface area contributed by atoms with Crippen molar-refractivity contribution in [2.24, 2.45) is 22.9 Å². The molecule has 6 heteroatoms. The van der Waals surface area contributed by atoms with Crippen molar-refractivity contribution < 1.29 is 4.79 Å². The maximum atomic E-state index is 12.4. The quantitative estimate of drug-likeness (QED) is 0.611. The molecule has 4 aliphatic carbocycles. The van der Waals surface area contributed by atoms with Crippen LogP contribution in [0.25, 0.3) is 0 Å². The third-order valence-electron chi connectivity index (χ3n) is 6.67. The molecule has 1 heterocycles. The number of hydrogen-bond acceptors (Lipinski definition) is 3. The van der Waals surface area contributed by atoms with Gasteiger partial charge in [-0.3, -0.25) is 9.89 Å². The molecule has 4 bridgehead atoms. The van der Waals surface area contributed by atoms with Gasteiger partial charge in [-0.25, -0.2) is 5.43 Å². The van der Waals surface area contributed by atoms with Crippen LogP contribution in [0.15, 0.2) is 35.4 Å². The van der Waals surface area contributed by atoms with Gasteiger partial charge >= 0.3 is 0 Å². The maximum Gasteiger partial charge on any atom is 0.291 e. The van der Waals surface area contributed by atoms with E-state index in [1.165, 1.54) is 38.5 Å². The fourth-order valence-corrected chi connectivity index (χ4v) is 6.05. The number of amides is 1. The third-order valence-corrected chi connectivity index (χ3v) is 6.92. The number of hydrogen-bond donors (Lipinski definition) is 2. The minimum Gasteiger partial charge on any atom is -0.281 e. The molecule has 4 aliphatic rings. The van der Waals surface area contributed by atoms with Crippen LogP contribution in [-0.2, 0) is 5.41 Å². The summed E-state index contributed by atoms with van der Waals surface area (Å²) in [6.07, 6.45) is 9.55. The largest absolute Gasteiger partial charge is 0.291 e. The first-order valence-corrected chi connectivity index (χ1v) is 10.1. The Labute approximate surface area is 163 Å². The number of H-pyrrole nitrogens is 1. The zero-order valence-corrected chi connectivity index (χ0v) is 15.9. The first kappa shape index (κ1) is 17.0. The third kappa shape index (κ3) is 3.18. The number of nitrogens with zero attached hydrogens (tertiary/aromatic N) is 2. The SMILES string of the molecule is O=C(N/N=C\c1ccc(Cl)cc1)c1cc(C23CC4CC(CC(C4)C2)C3)[nH]n1. The van der Waals surface area contributed by atoms with Crippen molar-refractivity contribution in [2.75, 3.05) is 0 Å². The van der Waals surface area contributed by atoms with Crippen molar-refractivity contribution in [1.82, 2.24) is 15.6 Å². The van der Waals surface area contributed by atoms with Crippen LogP contribution in [0, 0.1) is 17.8 Å². The molecule has 2 aromatic rings. The molecular weight excluding hydrogens is 360 g/mol. The second kappa shape index (κ2) is 6.48. The van der Waals surface area contributed by atoms with Crippen molar-refractivity contribution >= 4 is 23.7 Å². The zero-order chi connectivity index (χ0) is 18.4. The lowest BCUT2D eigenvalue weighted by molar-refractivity contribution is -0.00721. The van der Waals surface area contributed by atoms with Gasteiger partial charge < -0.3 is 0 Å². The number of aromatic amines is 1. The van der Waals surface area contributed by atoms with Crippen LogP contribution < -0.4 is 5.43 Å². The van der Waals surface area contributed by atoms with Crippen molar-refractivity contribution in [1.29, 1.82) is 0 Å². The highest BCUT2D eigenvalue weighted by molar-refractivity contribution is 6.30. The summed E-state index contributed by atoms with van der Waals surface area (Å²) >= 11 is 5.86. The van der Waals surface area contributed by atoms with E-state index in [1.54, 1.807) is 18.3 Å². The molecular formula is C21H23ClN4O. The summed E-state index contributed by atoms with van der Waals surface area (Å²) in [7, 11) is 0. The smallest absolute Gasteiger partial charge is 0.281 e. The lowest BCUT2D eigenvalue weighted by Crippen LogP contribution is -2.48. The van der Waals surface area contributed by atoms with E-state index >= 15 is 0 Å². The number of halogens is 1. The van der Waals surface area contributed by atoms with E-state index in [4.69, 9.17) is 11.6 Å². The predicted molar refractivity (Wildman–Crippen MR) is 105 cm³/mol. The highest BCUT2D eigenvalue weighted by Crippen LogP contribution is 2.60. The molecule has 0 aliphatic heterocycles. The van der Waals surface area contributed by atoms with Gasteiger partial charge in [-0.15, -0.1) is 0 Å². The molecule has 140 valence electrons. The molecule has 1 aromatic heterocycles. The Balaban J connectivity index is 1.28. The Kier molecular flexibility index (Phi) is 4.08. The monoisotopic (exact) mass is 382 g/mol. The molecule has 4 fully saturated rings. The number of carbonyl (C=O) groups excluding carboxylic acids is 1. The summed E-state index contributed by atoms with van der Waals surface area (Å²) in [5.41, 5.74) is 5.21. The number of nitrogens with one attached hydrogen (secondary N) is 2. The minimum absolute atomic E-state index is 0.215. The van der Waals surface area contributed by atoms with Gasteiger partial charge in [0.25, 0.3) is 5.91 Å². The van der Waals surface area contributed by atoms with E-state index in [-0.39, 0.29) is 11.3 Å². The Morgan fingerprint density at radius 3 is 2.41 bits per heavy atom. The van der Waals surface area contributed by atoms with Crippen molar-refractivity contribution in [3.05, 3.63) is 52.3 Å². The van der Waals surface area contributed by atoms with Crippen molar-refractivity contribution in [2.45, 2.75) is 43.9 Å². The molecule has 0 radical (unpaired) electrons. The average molecular weight is 383 g/mol. The van der Waals surface area contributed by atoms with Gasteiger partial charge in [-0.1, -0.05) is 23.7 Å². The molecule has 0 unspecified atom stereocenters. The molecule has 0 atom stereocenters. The van der Waals surface area contributed by atoms with E-state index < -0.39 is 0 Å². The standard InChI is InChI=1S/C21H23ClN4O/c22-17-3-1-13(2-4-17)12-23-26-20(27)18-8-19(25-24-18)21-9-14-5-15(10-21)7-16(6-14)11-21/h1-4,8,12,14-16H,5-7,9-11H2,(H,24,25)(H,26,27)/b23-12-. The highest BCUT2D eigenvalue weighted by atomic mass is 35.5. The van der Waals surface area contributed by atoms with E-state index in [9.17, 15) is 4.79 Å². The fourth-order valence-electron chi connectivity index (χ4n) is 5.92. The van der Waals surface area contributed by atoms with Crippen LogP contribution in [0.5, 0.6) is 0 Å². The Bertz CT molecular complexity index is 851. The van der Waals surface area contributed by atoms with Gasteiger partial charge in [0, 0.05) is 16.1 Å². The minimum atomic E-state index is -0.285. The van der Waals surface area contributed by atoms with Crippen molar-refractivity contribution in [3.8, 4) is 0 Å². The summed E-state index contributed by atoms with van der Waals surface area (Å²) in [6, 6.07) is 9.21. The molecule has 4 saturated carbocycles. The number of aromatic nitrogens is 2. The average Bonchev–Trinajstić information content (AvgIpc) is 3.13. The summed E-state index contributed by atoms with van der Waals surface area (Å²) in [6.45, 7) is 0. The number of benzene rings is 1. The van der Waals surface area contributed by atoms with Crippen LogP contribution in [-0.4, -0.2) is 22.3 Å². The van der Waals surface area contributed by atoms with Gasteiger partial charge in [0.15, 0.2) is 5.69 Å². The van der Waals surface area contributed by atoms with E-state index in [2.05, 4.69) is 20.7 Å². The Morgan fingerprint density at radius 1 is 1.15 bits per heavy atom. The Morgan fingerprint density at radius 2 is 1.78 bits per heavy atom. The summed E-state index contributed by atoms with van der Waals surface area (Å²) in [4.78, 5) is 12.4. The van der Waals surface area contributed by atoms with Gasteiger partial charge in [0.05, 0.1) is 6.21 Å². The summed E-state index contributed by atoms with van der Waals surface area (Å²) in [5, 5.41) is 12.2. The second-order valence-electron chi connectivity index (χ2n) is 8.62. The molecule has 0 spiro atoms. The lowest BCUT2D eigenvalue weighted by Gasteiger charge is -2.56. The van der Waals surface area contributed by atoms with E-state index in [0.29, 0.717) is 10.7 Å². The lowest BCUT2D eigenvalue weighted by atomic mass is 9.49. The Hall–Kier alpha value is -2.14. The van der Waals surface area contributed by atoms with Gasteiger partial charge in [-0.2, -0.15) is 10.2 Å². The molecule has 1 amide bonds. The zero-order valence-electron chi connectivity index (χ0n) is 15.1. The van der Waals surface area contributed by atoms with Gasteiger partial charge in [0.2, 0.25) is 0 Å². The predicted octanol–water partition coefficient (Wildman–Crippen LogP) is 4.29. The number of rotatable bonds is 4. The van der Waals surface area contributed by atoms with Crippen LogP contribution in [0.2, 0.25) is 5.02 Å². The van der Waals surface area contributed by atoms with Crippen LogP contribution in [0.3, 0.4) is 0 Å². The molecule has 1 aromatic carbocycles. The molecule has 6 rings (SSSR count). The van der Waals surface area contributed by atoms with Crippen LogP contribution in [0.4, 0.5) is 0 Å². The van der Waals surface area contributed by atoms with E-state index in [0.717, 1.165) is 29.0 Å². The first-order chi connectivity index (χ1) is 13.1. The van der Waals surface area contributed by atoms with Crippen LogP contribution >= 0.6 is 11.6 Å². The highest BCUT2D eigenvalue weighted by Gasteiger charge is 2.52. The topological polar surface area (TPSA) is 70.1 Å². The van der Waals surface area contributed by atoms with Gasteiger partial charge in [-0.05, 0) is 80.0 Å². The fraction of sp³-hybridized carbons (Fsp3) is 0.476. The molecule has 5 nitrogen and oxygen atoms in total. The van der Waals surface area contributed by atoms with Crippen LogP contribution in [0.1, 0.15) is 60.3 Å².